The van der Waals surface area contributed by atoms with E-state index in [1.165, 1.54) is 0 Å². The van der Waals surface area contributed by atoms with Crippen LogP contribution in [0.25, 0.3) is 0 Å². The van der Waals surface area contributed by atoms with E-state index >= 15 is 0 Å². The molecule has 3 aromatic carbocycles. The van der Waals surface area contributed by atoms with Crippen molar-refractivity contribution in [2.75, 3.05) is 0 Å². The number of ether oxygens (including phenoxy) is 4. The molecule has 3 unspecified atom stereocenters. The van der Waals surface area contributed by atoms with E-state index < -0.39 is 24.6 Å². The van der Waals surface area contributed by atoms with Crippen molar-refractivity contribution in [3.63, 3.8) is 0 Å². The monoisotopic (exact) mass is 434 g/mol. The molecule has 3 aromatic rings. The first-order valence-electron chi connectivity index (χ1n) is 11.0. The Hall–Kier alpha value is -2.54. The van der Waals surface area contributed by atoms with Gasteiger partial charge in [-0.1, -0.05) is 91.0 Å². The first-order chi connectivity index (χ1) is 15.7. The topological polar surface area (TPSA) is 57.2 Å². The Morgan fingerprint density at radius 1 is 0.594 bits per heavy atom. The summed E-state index contributed by atoms with van der Waals surface area (Å²) in [5.74, 6) is 0. The van der Waals surface area contributed by atoms with E-state index in [1.807, 2.05) is 97.9 Å². The highest BCUT2D eigenvalue weighted by atomic mass is 16.7. The Bertz CT molecular complexity index is 863. The lowest BCUT2D eigenvalue weighted by atomic mass is 9.98. The Balaban J connectivity index is 1.50. The average molecular weight is 435 g/mol. The van der Waals surface area contributed by atoms with Gasteiger partial charge in [-0.2, -0.15) is 0 Å². The molecule has 0 amide bonds. The van der Waals surface area contributed by atoms with Crippen molar-refractivity contribution in [1.82, 2.24) is 0 Å². The minimum Gasteiger partial charge on any atom is -0.368 e. The molecule has 5 atom stereocenters. The van der Waals surface area contributed by atoms with E-state index in [2.05, 4.69) is 0 Å². The molecule has 0 spiro atoms. The Kier molecular flexibility index (Phi) is 8.04. The summed E-state index contributed by atoms with van der Waals surface area (Å²) < 4.78 is 24.5. The molecule has 0 bridgehead atoms. The molecule has 1 heterocycles. The van der Waals surface area contributed by atoms with Crippen LogP contribution in [-0.4, -0.2) is 35.8 Å². The van der Waals surface area contributed by atoms with Gasteiger partial charge in [-0.3, -0.25) is 0 Å². The summed E-state index contributed by atoms with van der Waals surface area (Å²) >= 11 is 0. The van der Waals surface area contributed by atoms with Crippen molar-refractivity contribution in [2.24, 2.45) is 0 Å². The van der Waals surface area contributed by atoms with E-state index in [0.717, 1.165) is 16.7 Å². The van der Waals surface area contributed by atoms with Crippen molar-refractivity contribution >= 4 is 0 Å². The summed E-state index contributed by atoms with van der Waals surface area (Å²) in [7, 11) is 0. The third-order valence-corrected chi connectivity index (χ3v) is 5.60. The van der Waals surface area contributed by atoms with Crippen LogP contribution in [0.2, 0.25) is 0 Å². The quantitative estimate of drug-likeness (QED) is 0.538. The predicted molar refractivity (Wildman–Crippen MR) is 122 cm³/mol. The molecule has 0 saturated carbocycles. The maximum Gasteiger partial charge on any atom is 0.184 e. The first-order valence-corrected chi connectivity index (χ1v) is 11.0. The number of hydrogen-bond acceptors (Lipinski definition) is 5. The molecule has 4 rings (SSSR count). The summed E-state index contributed by atoms with van der Waals surface area (Å²) in [6.45, 7) is 3.05. The highest BCUT2D eigenvalue weighted by Gasteiger charge is 2.46. The summed E-state index contributed by atoms with van der Waals surface area (Å²) in [6, 6.07) is 29.8. The maximum absolute atomic E-state index is 10.7. The number of aliphatic hydroxyl groups excluding tert-OH is 1. The zero-order valence-electron chi connectivity index (χ0n) is 18.2. The molecular formula is C27H30O5. The molecule has 32 heavy (non-hydrogen) atoms. The fourth-order valence-electron chi connectivity index (χ4n) is 3.89. The highest BCUT2D eigenvalue weighted by Crippen LogP contribution is 2.29. The van der Waals surface area contributed by atoms with Crippen LogP contribution in [0.15, 0.2) is 91.0 Å². The van der Waals surface area contributed by atoms with Crippen LogP contribution < -0.4 is 0 Å². The van der Waals surface area contributed by atoms with Crippen LogP contribution in [0.1, 0.15) is 23.6 Å². The SMILES string of the molecule is CC1O[C@H](O)C(OCc2ccccc2)C(OCc2ccccc2)[C@@H]1OCc1ccccc1. The molecule has 5 heteroatoms. The Morgan fingerprint density at radius 2 is 0.969 bits per heavy atom. The molecule has 1 saturated heterocycles. The van der Waals surface area contributed by atoms with Gasteiger partial charge in [-0.15, -0.1) is 0 Å². The van der Waals surface area contributed by atoms with Gasteiger partial charge in [-0.05, 0) is 23.6 Å². The highest BCUT2D eigenvalue weighted by molar-refractivity contribution is 5.15. The van der Waals surface area contributed by atoms with Crippen LogP contribution in [0.4, 0.5) is 0 Å². The summed E-state index contributed by atoms with van der Waals surface area (Å²) in [5, 5.41) is 10.7. The van der Waals surface area contributed by atoms with Crippen molar-refractivity contribution < 1.29 is 24.1 Å². The predicted octanol–water partition coefficient (Wildman–Crippen LogP) is 4.48. The summed E-state index contributed by atoms with van der Waals surface area (Å²) in [4.78, 5) is 0. The van der Waals surface area contributed by atoms with Crippen molar-refractivity contribution in [2.45, 2.75) is 57.5 Å². The van der Waals surface area contributed by atoms with Gasteiger partial charge >= 0.3 is 0 Å². The summed E-state index contributed by atoms with van der Waals surface area (Å²) in [6.07, 6.45) is -3.04. The van der Waals surface area contributed by atoms with Gasteiger partial charge in [0.1, 0.15) is 18.3 Å². The van der Waals surface area contributed by atoms with Crippen LogP contribution in [0.5, 0.6) is 0 Å². The maximum atomic E-state index is 10.7. The molecule has 0 aromatic heterocycles. The number of rotatable bonds is 9. The lowest BCUT2D eigenvalue weighted by Crippen LogP contribution is -2.59. The molecule has 1 aliphatic heterocycles. The van der Waals surface area contributed by atoms with Gasteiger partial charge < -0.3 is 24.1 Å². The smallest absolute Gasteiger partial charge is 0.184 e. The number of hydrogen-bond donors (Lipinski definition) is 1. The van der Waals surface area contributed by atoms with E-state index in [-0.39, 0.29) is 6.10 Å². The molecular weight excluding hydrogens is 404 g/mol. The summed E-state index contributed by atoms with van der Waals surface area (Å²) in [5.41, 5.74) is 3.13. The zero-order valence-corrected chi connectivity index (χ0v) is 18.2. The van der Waals surface area contributed by atoms with Gasteiger partial charge in [0, 0.05) is 0 Å². The average Bonchev–Trinajstić information content (AvgIpc) is 2.83. The van der Waals surface area contributed by atoms with Crippen LogP contribution >= 0.6 is 0 Å². The normalized spacial score (nSPS) is 25.5. The Labute approximate surface area is 189 Å². The lowest BCUT2D eigenvalue weighted by Gasteiger charge is -2.43. The lowest BCUT2D eigenvalue weighted by molar-refractivity contribution is -0.308. The Morgan fingerprint density at radius 3 is 1.41 bits per heavy atom. The van der Waals surface area contributed by atoms with Gasteiger partial charge in [0.15, 0.2) is 6.29 Å². The van der Waals surface area contributed by atoms with E-state index in [0.29, 0.717) is 19.8 Å². The molecule has 0 aliphatic carbocycles. The van der Waals surface area contributed by atoms with E-state index in [9.17, 15) is 5.11 Å². The largest absolute Gasteiger partial charge is 0.368 e. The second-order valence-corrected chi connectivity index (χ2v) is 8.02. The number of aliphatic hydroxyl groups is 1. The van der Waals surface area contributed by atoms with E-state index in [1.54, 1.807) is 0 Å². The standard InChI is InChI=1S/C27H30O5/c1-20-24(29-17-21-11-5-2-6-12-21)25(30-18-22-13-7-3-8-14-22)26(27(28)32-20)31-19-23-15-9-4-10-16-23/h2-16,20,24-28H,17-19H2,1H3/t20?,24-,25?,26?,27+/m1/s1. The first kappa shape index (κ1) is 22.6. The van der Waals surface area contributed by atoms with Gasteiger partial charge in [-0.25, -0.2) is 0 Å². The molecule has 168 valence electrons. The van der Waals surface area contributed by atoms with Crippen molar-refractivity contribution in [3.8, 4) is 0 Å². The van der Waals surface area contributed by atoms with Gasteiger partial charge in [0.05, 0.1) is 25.9 Å². The minimum absolute atomic E-state index is 0.344. The van der Waals surface area contributed by atoms with E-state index in [4.69, 9.17) is 18.9 Å². The van der Waals surface area contributed by atoms with Crippen LogP contribution in [0.3, 0.4) is 0 Å². The fraction of sp³-hybridized carbons (Fsp3) is 0.333. The zero-order chi connectivity index (χ0) is 22.2. The van der Waals surface area contributed by atoms with Crippen molar-refractivity contribution in [3.05, 3.63) is 108 Å². The van der Waals surface area contributed by atoms with Crippen LogP contribution in [0, 0.1) is 0 Å². The van der Waals surface area contributed by atoms with Gasteiger partial charge in [0.25, 0.3) is 0 Å². The van der Waals surface area contributed by atoms with Gasteiger partial charge in [0.2, 0.25) is 0 Å². The fourth-order valence-corrected chi connectivity index (χ4v) is 3.89. The second-order valence-electron chi connectivity index (χ2n) is 8.02. The minimum atomic E-state index is -1.11. The third-order valence-electron chi connectivity index (χ3n) is 5.60. The van der Waals surface area contributed by atoms with Crippen molar-refractivity contribution in [1.29, 1.82) is 0 Å². The molecule has 1 aliphatic rings. The molecule has 1 N–H and O–H groups in total. The molecule has 0 radical (unpaired) electrons. The van der Waals surface area contributed by atoms with Crippen LogP contribution in [-0.2, 0) is 38.8 Å². The second kappa shape index (κ2) is 11.4. The molecule has 5 nitrogen and oxygen atoms in total. The third kappa shape index (κ3) is 6.03. The number of benzene rings is 3. The molecule has 1 fully saturated rings.